The van der Waals surface area contributed by atoms with Gasteiger partial charge in [0.1, 0.15) is 0 Å². The molecule has 1 rings (SSSR count). The van der Waals surface area contributed by atoms with E-state index < -0.39 is 25.6 Å². The Labute approximate surface area is 137 Å². The molecule has 8 nitrogen and oxygen atoms in total. The molecular weight excluding hydrogens is 323 g/mol. The normalized spacial score (nSPS) is 24.0. The van der Waals surface area contributed by atoms with E-state index in [-0.39, 0.29) is 25.5 Å². The summed E-state index contributed by atoms with van der Waals surface area (Å²) in [6, 6.07) is 0. The van der Waals surface area contributed by atoms with Crippen LogP contribution in [0.4, 0.5) is 0 Å². The van der Waals surface area contributed by atoms with Crippen LogP contribution in [0.1, 0.15) is 34.1 Å². The Morgan fingerprint density at radius 1 is 1.43 bits per heavy atom. The van der Waals surface area contributed by atoms with Crippen molar-refractivity contribution >= 4 is 20.0 Å². The number of carbonyl (C=O) groups is 2. The molecule has 136 valence electrons. The Kier molecular flexibility index (Phi) is 7.35. The van der Waals surface area contributed by atoms with Crippen molar-refractivity contribution in [2.45, 2.75) is 40.2 Å². The molecule has 1 aliphatic rings. The van der Waals surface area contributed by atoms with Crippen molar-refractivity contribution in [3.63, 3.8) is 0 Å². The Hall–Kier alpha value is -0.790. The zero-order valence-electron chi connectivity index (χ0n) is 14.5. The Balaban J connectivity index is 2.64. The van der Waals surface area contributed by atoms with Gasteiger partial charge in [-0.2, -0.15) is 0 Å². The van der Waals surface area contributed by atoms with Crippen LogP contribution in [-0.4, -0.2) is 49.7 Å². The van der Waals surface area contributed by atoms with E-state index in [4.69, 9.17) is 9.05 Å². The van der Waals surface area contributed by atoms with Gasteiger partial charge in [0.25, 0.3) is 0 Å². The molecule has 1 aliphatic heterocycles. The summed E-state index contributed by atoms with van der Waals surface area (Å²) in [5.41, 5.74) is -0.589. The summed E-state index contributed by atoms with van der Waals surface area (Å²) >= 11 is 0. The molecule has 0 unspecified atom stereocenters. The van der Waals surface area contributed by atoms with Crippen LogP contribution in [0, 0.1) is 11.3 Å². The third kappa shape index (κ3) is 6.31. The summed E-state index contributed by atoms with van der Waals surface area (Å²) in [6.45, 7) is 8.53. The van der Waals surface area contributed by atoms with Crippen LogP contribution >= 0.6 is 8.09 Å². The van der Waals surface area contributed by atoms with Crippen molar-refractivity contribution in [1.82, 2.24) is 10.4 Å². The van der Waals surface area contributed by atoms with E-state index in [1.807, 2.05) is 27.7 Å². The number of hydrogen-bond donors (Lipinski definition) is 3. The van der Waals surface area contributed by atoms with Gasteiger partial charge in [-0.05, 0) is 0 Å². The van der Waals surface area contributed by atoms with Gasteiger partial charge >= 0.3 is 137 Å². The van der Waals surface area contributed by atoms with E-state index in [0.29, 0.717) is 12.5 Å². The molecule has 1 atom stereocenters. The zero-order chi connectivity index (χ0) is 17.7. The third-order valence-electron chi connectivity index (χ3n) is 3.46. The average molecular weight is 352 g/mol. The number of ether oxygens (including phenoxy) is 1. The predicted molar refractivity (Wildman–Crippen MR) is 87.6 cm³/mol. The average Bonchev–Trinajstić information content (AvgIpc) is 2.48. The van der Waals surface area contributed by atoms with Gasteiger partial charge in [0.05, 0.1) is 0 Å². The molecule has 9 heteroatoms. The molecule has 1 amide bonds. The molecule has 1 heterocycles. The van der Waals surface area contributed by atoms with Crippen LogP contribution in [0.3, 0.4) is 0 Å². The summed E-state index contributed by atoms with van der Waals surface area (Å²) in [6.07, 6.45) is -0.774. The van der Waals surface area contributed by atoms with Crippen LogP contribution < -0.4 is 10.4 Å². The predicted octanol–water partition coefficient (Wildman–Crippen LogP) is 0.755. The second-order valence-corrected chi connectivity index (χ2v) is 8.79. The van der Waals surface area contributed by atoms with E-state index in [1.54, 1.807) is 0 Å². The summed E-state index contributed by atoms with van der Waals surface area (Å²) < 4.78 is 15.6. The van der Waals surface area contributed by atoms with Gasteiger partial charge in [-0.1, -0.05) is 0 Å². The van der Waals surface area contributed by atoms with Crippen LogP contribution in [0.15, 0.2) is 0 Å². The summed E-state index contributed by atoms with van der Waals surface area (Å²) in [4.78, 5) is 33.9. The van der Waals surface area contributed by atoms with Crippen LogP contribution in [-0.2, 0) is 23.4 Å². The van der Waals surface area contributed by atoms with Crippen molar-refractivity contribution in [3.05, 3.63) is 0 Å². The van der Waals surface area contributed by atoms with Gasteiger partial charge < -0.3 is 0 Å². The second kappa shape index (κ2) is 8.35. The molecule has 0 aliphatic carbocycles. The molecule has 1 fully saturated rings. The Morgan fingerprint density at radius 2 is 2.09 bits per heavy atom. The van der Waals surface area contributed by atoms with Crippen LogP contribution in [0.2, 0.25) is 0 Å². The number of esters is 1. The van der Waals surface area contributed by atoms with E-state index in [0.717, 1.165) is 0 Å². The van der Waals surface area contributed by atoms with E-state index >= 15 is 0 Å². The van der Waals surface area contributed by atoms with Crippen molar-refractivity contribution in [2.75, 3.05) is 26.8 Å². The van der Waals surface area contributed by atoms with Crippen molar-refractivity contribution in [2.24, 2.45) is 11.3 Å². The zero-order valence-corrected chi connectivity index (χ0v) is 15.5. The SMILES string of the molecule is COC(=O)CCNC(=O)[C@@H]1O[PH](O)(NCC(C)C)OCC1(C)C. The van der Waals surface area contributed by atoms with E-state index in [1.165, 1.54) is 7.11 Å². The summed E-state index contributed by atoms with van der Waals surface area (Å²) in [7, 11) is -2.29. The van der Waals surface area contributed by atoms with Gasteiger partial charge in [0, 0.05) is 0 Å². The number of carbonyl (C=O) groups excluding carboxylic acids is 2. The van der Waals surface area contributed by atoms with Gasteiger partial charge in [0.2, 0.25) is 0 Å². The molecule has 0 spiro atoms. The maximum atomic E-state index is 12.3. The first-order valence-corrected chi connectivity index (χ1v) is 9.50. The van der Waals surface area contributed by atoms with Crippen molar-refractivity contribution in [1.29, 1.82) is 0 Å². The Bertz CT molecular complexity index is 427. The monoisotopic (exact) mass is 352 g/mol. The first-order chi connectivity index (χ1) is 10.6. The summed E-state index contributed by atoms with van der Waals surface area (Å²) in [5, 5.41) is 5.54. The molecule has 23 heavy (non-hydrogen) atoms. The number of rotatable bonds is 7. The molecule has 0 bridgehead atoms. The van der Waals surface area contributed by atoms with Crippen LogP contribution in [0.5, 0.6) is 0 Å². The number of hydrogen-bond acceptors (Lipinski definition) is 7. The Morgan fingerprint density at radius 3 is 2.65 bits per heavy atom. The van der Waals surface area contributed by atoms with Gasteiger partial charge in [-0.25, -0.2) is 0 Å². The molecule has 3 N–H and O–H groups in total. The topological polar surface area (TPSA) is 106 Å². The number of nitrogens with one attached hydrogen (secondary N) is 2. The first-order valence-electron chi connectivity index (χ1n) is 7.73. The minimum absolute atomic E-state index is 0.0825. The maximum absolute atomic E-state index is 12.3. The van der Waals surface area contributed by atoms with Crippen LogP contribution in [0.25, 0.3) is 0 Å². The molecule has 1 saturated heterocycles. The third-order valence-corrected chi connectivity index (χ3v) is 5.20. The summed E-state index contributed by atoms with van der Waals surface area (Å²) in [5.74, 6) is -0.470. The van der Waals surface area contributed by atoms with Gasteiger partial charge in [-0.3, -0.25) is 0 Å². The molecule has 0 aromatic carbocycles. The van der Waals surface area contributed by atoms with E-state index in [9.17, 15) is 14.5 Å². The molecule has 0 radical (unpaired) electrons. The first kappa shape index (κ1) is 20.3. The standard InChI is InChI=1S/C14H29N2O6P/c1-10(2)8-16-23(19)21-9-14(3,4)12(22-23)13(18)15-7-6-11(17)20-5/h10,12,16,19,23H,6-9H2,1-5H3,(H,15,18)/t12-/m0/s1. The number of amides is 1. The molecule has 0 saturated carbocycles. The second-order valence-electron chi connectivity index (χ2n) is 6.75. The van der Waals surface area contributed by atoms with Crippen molar-refractivity contribution in [3.8, 4) is 0 Å². The molecule has 0 aromatic heterocycles. The van der Waals surface area contributed by atoms with Gasteiger partial charge in [-0.15, -0.1) is 0 Å². The van der Waals surface area contributed by atoms with Crippen molar-refractivity contribution < 1.29 is 28.3 Å². The molecule has 0 aromatic rings. The number of methoxy groups -OCH3 is 1. The quantitative estimate of drug-likeness (QED) is 0.459. The fourth-order valence-corrected chi connectivity index (χ4v) is 4.26. The fraction of sp³-hybridized carbons (Fsp3) is 0.857. The minimum atomic E-state index is -3.58. The fourth-order valence-electron chi connectivity index (χ4n) is 2.03. The van der Waals surface area contributed by atoms with E-state index in [2.05, 4.69) is 15.1 Å². The molecular formula is C14H29N2O6P. The van der Waals surface area contributed by atoms with Gasteiger partial charge in [0.15, 0.2) is 0 Å².